The summed E-state index contributed by atoms with van der Waals surface area (Å²) in [5.41, 5.74) is 6.77. The van der Waals surface area contributed by atoms with Gasteiger partial charge in [0.15, 0.2) is 18.1 Å². The molecule has 0 radical (unpaired) electrons. The van der Waals surface area contributed by atoms with Gasteiger partial charge in [0, 0.05) is 13.1 Å². The SMILES string of the molecule is CCNC(=O)COc1ccc(CNC(=O)C(N)C(C)CC)cc1OC.Cl. The van der Waals surface area contributed by atoms with Crippen LogP contribution in [0.15, 0.2) is 18.2 Å². The highest BCUT2D eigenvalue weighted by Crippen LogP contribution is 2.28. The van der Waals surface area contributed by atoms with Gasteiger partial charge in [-0.2, -0.15) is 0 Å². The van der Waals surface area contributed by atoms with E-state index in [9.17, 15) is 9.59 Å². The summed E-state index contributed by atoms with van der Waals surface area (Å²) in [5.74, 6) is 0.729. The van der Waals surface area contributed by atoms with Gasteiger partial charge in [0.1, 0.15) is 0 Å². The summed E-state index contributed by atoms with van der Waals surface area (Å²) in [5, 5.41) is 5.48. The second kappa shape index (κ2) is 12.4. The number of nitrogens with two attached hydrogens (primary N) is 1. The Hall–Kier alpha value is -1.99. The lowest BCUT2D eigenvalue weighted by Crippen LogP contribution is -2.44. The van der Waals surface area contributed by atoms with E-state index in [4.69, 9.17) is 15.2 Å². The van der Waals surface area contributed by atoms with Crippen molar-refractivity contribution in [2.24, 2.45) is 11.7 Å². The highest BCUT2D eigenvalue weighted by Gasteiger charge is 2.19. The van der Waals surface area contributed by atoms with Gasteiger partial charge in [0.25, 0.3) is 5.91 Å². The van der Waals surface area contributed by atoms with Crippen LogP contribution in [0, 0.1) is 5.92 Å². The van der Waals surface area contributed by atoms with Gasteiger partial charge in [-0.15, -0.1) is 12.4 Å². The number of hydrogen-bond acceptors (Lipinski definition) is 5. The lowest BCUT2D eigenvalue weighted by Gasteiger charge is -2.18. The van der Waals surface area contributed by atoms with Crippen LogP contribution >= 0.6 is 12.4 Å². The summed E-state index contributed by atoms with van der Waals surface area (Å²) in [6, 6.07) is 4.77. The molecule has 0 aliphatic rings. The number of nitrogens with one attached hydrogen (secondary N) is 2. The molecule has 0 saturated heterocycles. The maximum atomic E-state index is 12.0. The molecule has 2 atom stereocenters. The van der Waals surface area contributed by atoms with Crippen LogP contribution in [-0.4, -0.2) is 38.1 Å². The Kier molecular flexibility index (Phi) is 11.4. The Labute approximate surface area is 161 Å². The first-order valence-corrected chi connectivity index (χ1v) is 8.52. The van der Waals surface area contributed by atoms with Crippen molar-refractivity contribution in [1.29, 1.82) is 0 Å². The fraction of sp³-hybridized carbons (Fsp3) is 0.556. The molecule has 0 spiro atoms. The highest BCUT2D eigenvalue weighted by molar-refractivity contribution is 5.85. The molecule has 8 heteroatoms. The molecule has 1 aromatic carbocycles. The Balaban J connectivity index is 0.00000625. The van der Waals surface area contributed by atoms with Crippen LogP contribution in [-0.2, 0) is 16.1 Å². The maximum absolute atomic E-state index is 12.0. The summed E-state index contributed by atoms with van der Waals surface area (Å²) in [6.07, 6.45) is 0.847. The summed E-state index contributed by atoms with van der Waals surface area (Å²) in [6.45, 7) is 6.61. The molecule has 0 aliphatic heterocycles. The molecule has 0 saturated carbocycles. The van der Waals surface area contributed by atoms with Gasteiger partial charge in [-0.1, -0.05) is 26.3 Å². The van der Waals surface area contributed by atoms with Crippen LogP contribution in [0.3, 0.4) is 0 Å². The number of carbonyl (C=O) groups is 2. The quantitative estimate of drug-likeness (QED) is 0.566. The second-order valence-corrected chi connectivity index (χ2v) is 5.86. The van der Waals surface area contributed by atoms with Crippen LogP contribution in [0.25, 0.3) is 0 Å². The van der Waals surface area contributed by atoms with E-state index >= 15 is 0 Å². The van der Waals surface area contributed by atoms with Crippen molar-refractivity contribution >= 4 is 24.2 Å². The molecule has 0 aliphatic carbocycles. The molecule has 1 aromatic rings. The Morgan fingerprint density at radius 2 is 1.88 bits per heavy atom. The lowest BCUT2D eigenvalue weighted by molar-refractivity contribution is -0.124. The number of ether oxygens (including phenoxy) is 2. The molecule has 0 aromatic heterocycles. The third kappa shape index (κ3) is 7.49. The average molecular weight is 388 g/mol. The average Bonchev–Trinajstić information content (AvgIpc) is 2.63. The van der Waals surface area contributed by atoms with Crippen LogP contribution < -0.4 is 25.8 Å². The predicted octanol–water partition coefficient (Wildman–Crippen LogP) is 1.62. The van der Waals surface area contributed by atoms with Crippen molar-refractivity contribution in [2.75, 3.05) is 20.3 Å². The van der Waals surface area contributed by atoms with E-state index in [2.05, 4.69) is 10.6 Å². The Morgan fingerprint density at radius 1 is 1.19 bits per heavy atom. The van der Waals surface area contributed by atoms with Crippen molar-refractivity contribution in [1.82, 2.24) is 10.6 Å². The number of benzene rings is 1. The van der Waals surface area contributed by atoms with Gasteiger partial charge >= 0.3 is 0 Å². The normalized spacial score (nSPS) is 12.3. The maximum Gasteiger partial charge on any atom is 0.257 e. The number of methoxy groups -OCH3 is 1. The molecule has 0 bridgehead atoms. The van der Waals surface area contributed by atoms with E-state index in [1.807, 2.05) is 26.8 Å². The number of hydrogen-bond donors (Lipinski definition) is 3. The Bertz CT molecular complexity index is 584. The van der Waals surface area contributed by atoms with Crippen LogP contribution in [0.4, 0.5) is 0 Å². The first-order chi connectivity index (χ1) is 11.9. The molecule has 2 unspecified atom stereocenters. The van der Waals surface area contributed by atoms with Crippen molar-refractivity contribution in [3.8, 4) is 11.5 Å². The molecule has 2 amide bonds. The molecular formula is C18H30ClN3O4. The number of rotatable bonds is 10. The third-order valence-corrected chi connectivity index (χ3v) is 3.99. The first-order valence-electron chi connectivity index (χ1n) is 8.52. The van der Waals surface area contributed by atoms with Gasteiger partial charge in [-0.25, -0.2) is 0 Å². The van der Waals surface area contributed by atoms with Gasteiger partial charge in [0.05, 0.1) is 13.2 Å². The zero-order chi connectivity index (χ0) is 18.8. The van der Waals surface area contributed by atoms with Crippen molar-refractivity contribution in [2.45, 2.75) is 39.8 Å². The predicted molar refractivity (Wildman–Crippen MR) is 104 cm³/mol. The standard InChI is InChI=1S/C18H29N3O4.ClH/c1-5-12(3)17(19)18(23)21-10-13-7-8-14(15(9-13)24-4)25-11-16(22)20-6-2;/h7-9,12,17H,5-6,10-11,19H2,1-4H3,(H,20,22)(H,21,23);1H. The number of amides is 2. The fourth-order valence-corrected chi connectivity index (χ4v) is 2.15. The van der Waals surface area contributed by atoms with E-state index in [0.29, 0.717) is 24.6 Å². The van der Waals surface area contributed by atoms with Crippen molar-refractivity contribution in [3.63, 3.8) is 0 Å². The topological polar surface area (TPSA) is 103 Å². The van der Waals surface area contributed by atoms with Gasteiger partial charge in [0.2, 0.25) is 5.91 Å². The first kappa shape index (κ1) is 24.0. The highest BCUT2D eigenvalue weighted by atomic mass is 35.5. The van der Waals surface area contributed by atoms with Crippen molar-refractivity contribution in [3.05, 3.63) is 23.8 Å². The molecule has 0 heterocycles. The van der Waals surface area contributed by atoms with Crippen LogP contribution in [0.5, 0.6) is 11.5 Å². The number of halogens is 1. The monoisotopic (exact) mass is 387 g/mol. The smallest absolute Gasteiger partial charge is 0.257 e. The minimum atomic E-state index is -0.522. The van der Waals surface area contributed by atoms with Crippen LogP contribution in [0.1, 0.15) is 32.8 Å². The van der Waals surface area contributed by atoms with Gasteiger partial charge in [-0.3, -0.25) is 9.59 Å². The van der Waals surface area contributed by atoms with Gasteiger partial charge in [-0.05, 0) is 30.5 Å². The number of likely N-dealkylation sites (N-methyl/N-ethyl adjacent to an activating group) is 1. The summed E-state index contributed by atoms with van der Waals surface area (Å²) >= 11 is 0. The third-order valence-electron chi connectivity index (χ3n) is 3.99. The minimum Gasteiger partial charge on any atom is -0.493 e. The lowest BCUT2D eigenvalue weighted by atomic mass is 9.99. The summed E-state index contributed by atoms with van der Waals surface area (Å²) in [4.78, 5) is 23.5. The van der Waals surface area contributed by atoms with E-state index < -0.39 is 6.04 Å². The zero-order valence-corrected chi connectivity index (χ0v) is 16.7. The van der Waals surface area contributed by atoms with Crippen molar-refractivity contribution < 1.29 is 19.1 Å². The molecule has 0 fully saturated rings. The van der Waals surface area contributed by atoms with E-state index in [-0.39, 0.29) is 36.7 Å². The number of carbonyl (C=O) groups excluding carboxylic acids is 2. The molecule has 26 heavy (non-hydrogen) atoms. The van der Waals surface area contributed by atoms with E-state index in [0.717, 1.165) is 12.0 Å². The summed E-state index contributed by atoms with van der Waals surface area (Å²) < 4.78 is 10.8. The van der Waals surface area contributed by atoms with E-state index in [1.165, 1.54) is 7.11 Å². The molecule has 148 valence electrons. The summed E-state index contributed by atoms with van der Waals surface area (Å²) in [7, 11) is 1.52. The zero-order valence-electron chi connectivity index (χ0n) is 15.8. The van der Waals surface area contributed by atoms with Crippen LogP contribution in [0.2, 0.25) is 0 Å². The molecule has 4 N–H and O–H groups in total. The second-order valence-electron chi connectivity index (χ2n) is 5.86. The van der Waals surface area contributed by atoms with E-state index in [1.54, 1.807) is 12.1 Å². The molecule has 1 rings (SSSR count). The molecule has 7 nitrogen and oxygen atoms in total. The fourth-order valence-electron chi connectivity index (χ4n) is 2.15. The molecular weight excluding hydrogens is 358 g/mol. The van der Waals surface area contributed by atoms with Gasteiger partial charge < -0.3 is 25.8 Å². The minimum absolute atomic E-state index is 0. The largest absolute Gasteiger partial charge is 0.493 e. The Morgan fingerprint density at radius 3 is 2.46 bits per heavy atom.